The molecular formula is C23H24F3N3O6S. The van der Waals surface area contributed by atoms with E-state index in [1.165, 1.54) is 24.3 Å². The molecule has 3 amide bonds. The quantitative estimate of drug-likeness (QED) is 0.380. The van der Waals surface area contributed by atoms with Gasteiger partial charge in [-0.3, -0.25) is 14.4 Å². The van der Waals surface area contributed by atoms with Crippen molar-refractivity contribution in [2.45, 2.75) is 31.0 Å². The molecule has 0 atom stereocenters. The number of ether oxygens (including phenoxy) is 1. The summed E-state index contributed by atoms with van der Waals surface area (Å²) in [5.41, 5.74) is -1.53. The summed E-state index contributed by atoms with van der Waals surface area (Å²) in [6.45, 7) is 5.65. The van der Waals surface area contributed by atoms with Crippen LogP contribution in [0.2, 0.25) is 0 Å². The summed E-state index contributed by atoms with van der Waals surface area (Å²) >= 11 is 0. The lowest BCUT2D eigenvalue weighted by atomic mass is 10.2. The molecule has 0 unspecified atom stereocenters. The Morgan fingerprint density at radius 2 is 1.78 bits per heavy atom. The van der Waals surface area contributed by atoms with Crippen LogP contribution in [0.1, 0.15) is 29.8 Å². The van der Waals surface area contributed by atoms with Crippen molar-refractivity contribution in [1.29, 1.82) is 0 Å². The van der Waals surface area contributed by atoms with E-state index in [0.717, 1.165) is 24.3 Å². The van der Waals surface area contributed by atoms with Crippen molar-refractivity contribution in [3.8, 4) is 0 Å². The highest BCUT2D eigenvalue weighted by Gasteiger charge is 2.32. The summed E-state index contributed by atoms with van der Waals surface area (Å²) in [6, 6.07) is 7.33. The Balaban J connectivity index is 2.25. The van der Waals surface area contributed by atoms with Gasteiger partial charge in [0.1, 0.15) is 0 Å². The third-order valence-corrected chi connectivity index (χ3v) is 6.21. The number of nitrogens with one attached hydrogen (secondary N) is 2. The van der Waals surface area contributed by atoms with Crippen molar-refractivity contribution in [3.05, 3.63) is 72.3 Å². The molecule has 194 valence electrons. The molecule has 0 saturated carbocycles. The highest BCUT2D eigenvalue weighted by Crippen LogP contribution is 2.33. The predicted molar refractivity (Wildman–Crippen MR) is 125 cm³/mol. The van der Waals surface area contributed by atoms with Gasteiger partial charge in [0.2, 0.25) is 0 Å². The zero-order valence-corrected chi connectivity index (χ0v) is 20.2. The monoisotopic (exact) mass is 527 g/mol. The van der Waals surface area contributed by atoms with Gasteiger partial charge in [-0.05, 0) is 50.2 Å². The second-order valence-corrected chi connectivity index (χ2v) is 9.52. The molecule has 0 aliphatic heterocycles. The molecule has 9 nitrogen and oxygen atoms in total. The number of alkyl halides is 3. The van der Waals surface area contributed by atoms with Gasteiger partial charge in [0, 0.05) is 6.04 Å². The molecule has 0 spiro atoms. The Morgan fingerprint density at radius 3 is 2.39 bits per heavy atom. The maximum atomic E-state index is 13.3. The Labute approximate surface area is 206 Å². The number of nitrogens with zero attached hydrogens (tertiary/aromatic N) is 1. The molecule has 0 heterocycles. The van der Waals surface area contributed by atoms with Gasteiger partial charge in [-0.1, -0.05) is 18.2 Å². The fourth-order valence-electron chi connectivity index (χ4n) is 2.88. The second kappa shape index (κ2) is 11.7. The molecule has 13 heteroatoms. The van der Waals surface area contributed by atoms with E-state index in [0.29, 0.717) is 10.4 Å². The van der Waals surface area contributed by atoms with Crippen LogP contribution in [0.4, 0.5) is 23.7 Å². The fraction of sp³-hybridized carbons (Fsp3) is 0.261. The van der Waals surface area contributed by atoms with Crippen LogP contribution in [0.5, 0.6) is 0 Å². The van der Waals surface area contributed by atoms with E-state index < -0.39 is 51.2 Å². The number of esters is 1. The van der Waals surface area contributed by atoms with Crippen LogP contribution in [0.3, 0.4) is 0 Å². The minimum absolute atomic E-state index is 0.235. The first-order valence-corrected chi connectivity index (χ1v) is 11.9. The van der Waals surface area contributed by atoms with Crippen LogP contribution in [0.15, 0.2) is 66.1 Å². The van der Waals surface area contributed by atoms with Gasteiger partial charge in [-0.15, -0.1) is 6.58 Å². The summed E-state index contributed by atoms with van der Waals surface area (Å²) in [6.07, 6.45) is -3.49. The van der Waals surface area contributed by atoms with Crippen molar-refractivity contribution in [2.24, 2.45) is 0 Å². The van der Waals surface area contributed by atoms with Crippen molar-refractivity contribution >= 4 is 33.6 Å². The molecular weight excluding hydrogens is 503 g/mol. The summed E-state index contributed by atoms with van der Waals surface area (Å²) in [5.74, 6) is -1.97. The number of imide groups is 1. The fourth-order valence-corrected chi connectivity index (χ4v) is 4.36. The smallest absolute Gasteiger partial charge is 0.416 e. The second-order valence-electron chi connectivity index (χ2n) is 7.65. The number of sulfonamides is 1. The van der Waals surface area contributed by atoms with Gasteiger partial charge in [-0.2, -0.15) is 13.2 Å². The first-order chi connectivity index (χ1) is 16.8. The first-order valence-electron chi connectivity index (χ1n) is 10.4. The number of benzene rings is 2. The summed E-state index contributed by atoms with van der Waals surface area (Å²) in [7, 11) is -4.44. The number of hydrogen-bond donors (Lipinski definition) is 2. The molecule has 2 rings (SSSR count). The van der Waals surface area contributed by atoms with Gasteiger partial charge in [0.05, 0.1) is 28.3 Å². The average Bonchev–Trinajstić information content (AvgIpc) is 2.80. The molecule has 2 aromatic carbocycles. The Kier molecular flexibility index (Phi) is 9.23. The molecule has 0 aliphatic rings. The molecule has 0 fully saturated rings. The van der Waals surface area contributed by atoms with E-state index in [9.17, 15) is 36.0 Å². The van der Waals surface area contributed by atoms with Crippen LogP contribution in [-0.2, 0) is 25.7 Å². The number of halogens is 3. The highest BCUT2D eigenvalue weighted by molar-refractivity contribution is 7.92. The van der Waals surface area contributed by atoms with Crippen LogP contribution in [0.25, 0.3) is 0 Å². The summed E-state index contributed by atoms with van der Waals surface area (Å²) < 4.78 is 71.5. The largest absolute Gasteiger partial charge is 0.452 e. The number of rotatable bonds is 9. The summed E-state index contributed by atoms with van der Waals surface area (Å²) in [5, 5.41) is 4.37. The maximum absolute atomic E-state index is 13.3. The molecule has 0 bridgehead atoms. The lowest BCUT2D eigenvalue weighted by molar-refractivity contribution is -0.137. The SMILES string of the molecule is C=CCN(c1cccc(C(F)(F)F)c1)S(=O)(=O)c1cccc(C(=O)OCC(=O)NC(=O)NC(C)C)c1. The maximum Gasteiger partial charge on any atom is 0.416 e. The molecule has 0 saturated heterocycles. The van der Waals surface area contributed by atoms with E-state index >= 15 is 0 Å². The van der Waals surface area contributed by atoms with E-state index in [1.54, 1.807) is 13.8 Å². The van der Waals surface area contributed by atoms with E-state index in [1.807, 2.05) is 5.32 Å². The minimum Gasteiger partial charge on any atom is -0.452 e. The molecule has 36 heavy (non-hydrogen) atoms. The third-order valence-electron chi connectivity index (χ3n) is 4.42. The number of urea groups is 1. The van der Waals surface area contributed by atoms with Gasteiger partial charge >= 0.3 is 18.2 Å². The number of anilines is 1. The van der Waals surface area contributed by atoms with Crippen LogP contribution in [0, 0.1) is 0 Å². The molecule has 2 N–H and O–H groups in total. The summed E-state index contributed by atoms with van der Waals surface area (Å²) in [4.78, 5) is 35.2. The minimum atomic E-state index is -4.69. The topological polar surface area (TPSA) is 122 Å². The number of hydrogen-bond acceptors (Lipinski definition) is 6. The molecule has 0 aromatic heterocycles. The first kappa shape index (κ1) is 28.4. The highest BCUT2D eigenvalue weighted by atomic mass is 32.2. The van der Waals surface area contributed by atoms with E-state index in [4.69, 9.17) is 4.74 Å². The number of carbonyl (C=O) groups is 3. The van der Waals surface area contributed by atoms with Gasteiger partial charge in [0.15, 0.2) is 6.61 Å². The van der Waals surface area contributed by atoms with E-state index in [-0.39, 0.29) is 23.8 Å². The van der Waals surface area contributed by atoms with Crippen LogP contribution >= 0.6 is 0 Å². The Hall–Kier alpha value is -3.87. The van der Waals surface area contributed by atoms with Crippen molar-refractivity contribution in [1.82, 2.24) is 10.6 Å². The van der Waals surface area contributed by atoms with Crippen LogP contribution in [-0.4, -0.2) is 45.5 Å². The normalized spacial score (nSPS) is 11.5. The lowest BCUT2D eigenvalue weighted by Crippen LogP contribution is -2.44. The average molecular weight is 528 g/mol. The number of carbonyl (C=O) groups excluding carboxylic acids is 3. The van der Waals surface area contributed by atoms with Gasteiger partial charge < -0.3 is 10.1 Å². The molecule has 0 radical (unpaired) electrons. The molecule has 0 aliphatic carbocycles. The zero-order valence-electron chi connectivity index (χ0n) is 19.3. The van der Waals surface area contributed by atoms with Gasteiger partial charge in [-0.25, -0.2) is 18.0 Å². The van der Waals surface area contributed by atoms with Crippen molar-refractivity contribution in [2.75, 3.05) is 17.5 Å². The Bertz CT molecular complexity index is 1250. The van der Waals surface area contributed by atoms with Crippen molar-refractivity contribution in [3.63, 3.8) is 0 Å². The third kappa shape index (κ3) is 7.57. The Morgan fingerprint density at radius 1 is 1.11 bits per heavy atom. The van der Waals surface area contributed by atoms with E-state index in [2.05, 4.69) is 11.9 Å². The molecule has 2 aromatic rings. The number of amides is 3. The van der Waals surface area contributed by atoms with Crippen molar-refractivity contribution < 1.29 is 40.7 Å². The standard InChI is InChI=1S/C23H24F3N3O6S/c1-4-11-29(18-9-6-8-17(13-18)23(24,25)26)36(33,34)19-10-5-7-16(12-19)21(31)35-14-20(30)28-22(32)27-15(2)3/h4-10,12-13,15H,1,11,14H2,2-3H3,(H2,27,28,30,32). The lowest BCUT2D eigenvalue weighted by Gasteiger charge is -2.24. The van der Waals surface area contributed by atoms with Gasteiger partial charge in [0.25, 0.3) is 15.9 Å². The zero-order chi connectivity index (χ0) is 27.1. The predicted octanol–water partition coefficient (Wildman–Crippen LogP) is 3.48. The van der Waals surface area contributed by atoms with Crippen LogP contribution < -0.4 is 14.9 Å².